The van der Waals surface area contributed by atoms with E-state index in [2.05, 4.69) is 15.3 Å². The fourth-order valence-corrected chi connectivity index (χ4v) is 1.67. The highest BCUT2D eigenvalue weighted by Crippen LogP contribution is 2.18. The van der Waals surface area contributed by atoms with Crippen molar-refractivity contribution in [1.82, 2.24) is 9.97 Å². The second kappa shape index (κ2) is 5.96. The van der Waals surface area contributed by atoms with Crippen molar-refractivity contribution in [3.63, 3.8) is 0 Å². The molecule has 0 saturated carbocycles. The van der Waals surface area contributed by atoms with E-state index in [4.69, 9.17) is 4.74 Å². The number of anilines is 1. The smallest absolute Gasteiger partial charge is 0.290 e. The number of aryl methyl sites for hydroxylation is 1. The lowest BCUT2D eigenvalue weighted by Gasteiger charge is -2.07. The Bertz CT molecular complexity index is 614. The molecule has 0 saturated heterocycles. The Hall–Kier alpha value is -2.70. The van der Waals surface area contributed by atoms with Crippen LogP contribution in [0.25, 0.3) is 0 Å². The second-order valence-electron chi connectivity index (χ2n) is 4.12. The normalized spacial score (nSPS) is 10.1. The molecule has 0 unspecified atom stereocenters. The van der Waals surface area contributed by atoms with Gasteiger partial charge in [0, 0.05) is 24.9 Å². The molecule has 0 aliphatic heterocycles. The van der Waals surface area contributed by atoms with Gasteiger partial charge in [-0.2, -0.15) is 0 Å². The van der Waals surface area contributed by atoms with Crippen LogP contribution in [0, 0.1) is 17.0 Å². The summed E-state index contributed by atoms with van der Waals surface area (Å²) in [6, 6.07) is 6.68. The third-order valence-corrected chi connectivity index (χ3v) is 2.73. The van der Waals surface area contributed by atoms with Crippen LogP contribution in [0.3, 0.4) is 0 Å². The molecule has 7 heteroatoms. The minimum absolute atomic E-state index is 0.0154. The Kier molecular flexibility index (Phi) is 4.09. The van der Waals surface area contributed by atoms with Crippen molar-refractivity contribution in [1.29, 1.82) is 0 Å². The highest BCUT2D eigenvalue weighted by molar-refractivity contribution is 5.45. The number of pyridine rings is 2. The van der Waals surface area contributed by atoms with Gasteiger partial charge in [0.2, 0.25) is 5.88 Å². The largest absolute Gasteiger partial charge is 0.481 e. The standard InChI is InChI=1S/C13H14N4O3/c1-9-11(17(18)19)4-5-12(16-9)14-7-10-3-6-13(20-2)15-8-10/h3-6,8H,7H2,1-2H3,(H,14,16). The van der Waals surface area contributed by atoms with Crippen LogP contribution in [-0.4, -0.2) is 22.0 Å². The quantitative estimate of drug-likeness (QED) is 0.664. The van der Waals surface area contributed by atoms with E-state index in [0.717, 1.165) is 5.56 Å². The predicted molar refractivity (Wildman–Crippen MR) is 73.7 cm³/mol. The first-order valence-electron chi connectivity index (χ1n) is 5.95. The number of rotatable bonds is 5. The number of nitro groups is 1. The summed E-state index contributed by atoms with van der Waals surface area (Å²) in [6.45, 7) is 2.14. The number of nitrogens with one attached hydrogen (secondary N) is 1. The lowest BCUT2D eigenvalue weighted by molar-refractivity contribution is -0.385. The van der Waals surface area contributed by atoms with Gasteiger partial charge in [0.25, 0.3) is 5.69 Å². The molecule has 0 radical (unpaired) electrons. The lowest BCUT2D eigenvalue weighted by atomic mass is 10.2. The minimum Gasteiger partial charge on any atom is -0.481 e. The molecule has 7 nitrogen and oxygen atoms in total. The summed E-state index contributed by atoms with van der Waals surface area (Å²) in [5.41, 5.74) is 1.36. The van der Waals surface area contributed by atoms with E-state index in [1.807, 2.05) is 6.07 Å². The van der Waals surface area contributed by atoms with Crippen molar-refractivity contribution in [2.45, 2.75) is 13.5 Å². The molecular weight excluding hydrogens is 260 g/mol. The van der Waals surface area contributed by atoms with Crippen LogP contribution in [0.15, 0.2) is 30.5 Å². The predicted octanol–water partition coefficient (Wildman–Crippen LogP) is 2.31. The van der Waals surface area contributed by atoms with E-state index >= 15 is 0 Å². The summed E-state index contributed by atoms with van der Waals surface area (Å²) in [6.07, 6.45) is 1.70. The van der Waals surface area contributed by atoms with Gasteiger partial charge in [-0.25, -0.2) is 9.97 Å². The number of aromatic nitrogens is 2. The molecule has 0 atom stereocenters. The van der Waals surface area contributed by atoms with Crippen LogP contribution in [0.1, 0.15) is 11.3 Å². The van der Waals surface area contributed by atoms with Gasteiger partial charge in [-0.05, 0) is 18.6 Å². The van der Waals surface area contributed by atoms with Crippen LogP contribution >= 0.6 is 0 Å². The zero-order valence-corrected chi connectivity index (χ0v) is 11.2. The van der Waals surface area contributed by atoms with E-state index in [9.17, 15) is 10.1 Å². The van der Waals surface area contributed by atoms with Crippen LogP contribution in [-0.2, 0) is 6.54 Å². The molecule has 2 heterocycles. The maximum Gasteiger partial charge on any atom is 0.290 e. The average molecular weight is 274 g/mol. The summed E-state index contributed by atoms with van der Waals surface area (Å²) in [5.74, 6) is 1.14. The summed E-state index contributed by atoms with van der Waals surface area (Å²) in [7, 11) is 1.56. The Labute approximate surface area is 115 Å². The van der Waals surface area contributed by atoms with Gasteiger partial charge in [0.1, 0.15) is 11.5 Å². The highest BCUT2D eigenvalue weighted by atomic mass is 16.6. The number of nitrogens with zero attached hydrogens (tertiary/aromatic N) is 3. The zero-order valence-electron chi connectivity index (χ0n) is 11.2. The number of hydrogen-bond donors (Lipinski definition) is 1. The molecule has 0 amide bonds. The Balaban J connectivity index is 2.03. The minimum atomic E-state index is -0.445. The van der Waals surface area contributed by atoms with Crippen molar-refractivity contribution in [2.24, 2.45) is 0 Å². The van der Waals surface area contributed by atoms with Crippen molar-refractivity contribution in [3.8, 4) is 5.88 Å². The van der Waals surface area contributed by atoms with Crippen LogP contribution in [0.4, 0.5) is 11.5 Å². The first-order valence-corrected chi connectivity index (χ1v) is 5.95. The highest BCUT2D eigenvalue weighted by Gasteiger charge is 2.11. The van der Waals surface area contributed by atoms with Gasteiger partial charge in [0.15, 0.2) is 0 Å². The van der Waals surface area contributed by atoms with Crippen molar-refractivity contribution < 1.29 is 9.66 Å². The van der Waals surface area contributed by atoms with E-state index in [0.29, 0.717) is 23.9 Å². The van der Waals surface area contributed by atoms with E-state index in [-0.39, 0.29) is 5.69 Å². The van der Waals surface area contributed by atoms with Gasteiger partial charge in [-0.15, -0.1) is 0 Å². The fraction of sp³-hybridized carbons (Fsp3) is 0.231. The molecular formula is C13H14N4O3. The number of hydrogen-bond acceptors (Lipinski definition) is 6. The van der Waals surface area contributed by atoms with Gasteiger partial charge in [-0.3, -0.25) is 10.1 Å². The van der Waals surface area contributed by atoms with Crippen molar-refractivity contribution in [3.05, 3.63) is 51.8 Å². The van der Waals surface area contributed by atoms with Crippen LogP contribution < -0.4 is 10.1 Å². The van der Waals surface area contributed by atoms with E-state index < -0.39 is 4.92 Å². The number of ether oxygens (including phenoxy) is 1. The third kappa shape index (κ3) is 3.19. The molecule has 0 spiro atoms. The number of methoxy groups -OCH3 is 1. The van der Waals surface area contributed by atoms with Crippen molar-refractivity contribution >= 4 is 11.5 Å². The average Bonchev–Trinajstić information content (AvgIpc) is 2.45. The molecule has 2 rings (SSSR count). The Morgan fingerprint density at radius 1 is 1.35 bits per heavy atom. The summed E-state index contributed by atoms with van der Waals surface area (Å²) in [4.78, 5) is 18.5. The molecule has 0 aliphatic rings. The zero-order chi connectivity index (χ0) is 14.5. The van der Waals surface area contributed by atoms with Gasteiger partial charge < -0.3 is 10.1 Å². The van der Waals surface area contributed by atoms with Crippen LogP contribution in [0.2, 0.25) is 0 Å². The monoisotopic (exact) mass is 274 g/mol. The lowest BCUT2D eigenvalue weighted by Crippen LogP contribution is -2.04. The van der Waals surface area contributed by atoms with E-state index in [1.165, 1.54) is 6.07 Å². The molecule has 0 fully saturated rings. The van der Waals surface area contributed by atoms with Gasteiger partial charge >= 0.3 is 0 Å². The molecule has 104 valence electrons. The topological polar surface area (TPSA) is 90.2 Å². The van der Waals surface area contributed by atoms with Crippen molar-refractivity contribution in [2.75, 3.05) is 12.4 Å². The molecule has 0 aromatic carbocycles. The maximum atomic E-state index is 10.7. The fourth-order valence-electron chi connectivity index (χ4n) is 1.67. The van der Waals surface area contributed by atoms with E-state index in [1.54, 1.807) is 32.4 Å². The first-order chi connectivity index (χ1) is 9.60. The second-order valence-corrected chi connectivity index (χ2v) is 4.12. The maximum absolute atomic E-state index is 10.7. The van der Waals surface area contributed by atoms with Gasteiger partial charge in [-0.1, -0.05) is 6.07 Å². The molecule has 1 N–H and O–H groups in total. The first kappa shape index (κ1) is 13.7. The molecule has 0 aliphatic carbocycles. The summed E-state index contributed by atoms with van der Waals surface area (Å²) >= 11 is 0. The Morgan fingerprint density at radius 3 is 2.70 bits per heavy atom. The van der Waals surface area contributed by atoms with Crippen LogP contribution in [0.5, 0.6) is 5.88 Å². The Morgan fingerprint density at radius 2 is 2.15 bits per heavy atom. The molecule has 0 bridgehead atoms. The molecule has 2 aromatic heterocycles. The third-order valence-electron chi connectivity index (χ3n) is 2.73. The summed E-state index contributed by atoms with van der Waals surface area (Å²) in [5, 5.41) is 13.8. The molecule has 20 heavy (non-hydrogen) atoms. The SMILES string of the molecule is COc1ccc(CNc2ccc([N+](=O)[O-])c(C)n2)cn1. The van der Waals surface area contributed by atoms with Gasteiger partial charge in [0.05, 0.1) is 12.0 Å². The summed E-state index contributed by atoms with van der Waals surface area (Å²) < 4.78 is 4.98. The molecule has 2 aromatic rings.